The van der Waals surface area contributed by atoms with Crippen LogP contribution in [0.2, 0.25) is 0 Å². The molecule has 0 aromatic heterocycles. The first-order valence-corrected chi connectivity index (χ1v) is 7.10. The lowest BCUT2D eigenvalue weighted by Gasteiger charge is -2.47. The summed E-state index contributed by atoms with van der Waals surface area (Å²) in [6.45, 7) is 3.85. The average Bonchev–Trinajstić information content (AvgIpc) is 2.34. The van der Waals surface area contributed by atoms with Crippen molar-refractivity contribution >= 4 is 0 Å². The lowest BCUT2D eigenvalue weighted by Crippen LogP contribution is -2.48. The van der Waals surface area contributed by atoms with E-state index in [1.54, 1.807) is 0 Å². The number of nitrogens with one attached hydrogen (secondary N) is 1. The number of likely N-dealkylation sites (tertiary alicyclic amines) is 1. The third-order valence-corrected chi connectivity index (χ3v) is 4.98. The highest BCUT2D eigenvalue weighted by Gasteiger charge is 2.40. The number of piperidine rings is 1. The van der Waals surface area contributed by atoms with E-state index >= 15 is 0 Å². The zero-order valence-electron chi connectivity index (χ0n) is 11.1. The van der Waals surface area contributed by atoms with Crippen LogP contribution in [0, 0.1) is 11.3 Å². The molecule has 1 aliphatic heterocycles. The minimum absolute atomic E-state index is 0.627. The van der Waals surface area contributed by atoms with Crippen molar-refractivity contribution in [2.24, 2.45) is 11.3 Å². The molecular formula is C14H28N2. The number of hydrogen-bond donors (Lipinski definition) is 1. The quantitative estimate of drug-likeness (QED) is 0.792. The first-order valence-electron chi connectivity index (χ1n) is 7.10. The molecule has 94 valence electrons. The second kappa shape index (κ2) is 5.50. The molecular weight excluding hydrogens is 196 g/mol. The van der Waals surface area contributed by atoms with Crippen LogP contribution in [0.25, 0.3) is 0 Å². The summed E-state index contributed by atoms with van der Waals surface area (Å²) in [5, 5.41) is 3.47. The molecule has 0 radical (unpaired) electrons. The monoisotopic (exact) mass is 224 g/mol. The van der Waals surface area contributed by atoms with E-state index < -0.39 is 0 Å². The van der Waals surface area contributed by atoms with Gasteiger partial charge in [0.15, 0.2) is 0 Å². The standard InChI is InChI=1S/C14H28N2/c1-15-12-14(8-10-16(2)11-9-14)13-6-4-3-5-7-13/h13,15H,3-12H2,1-2H3. The molecule has 1 saturated heterocycles. The van der Waals surface area contributed by atoms with Crippen LogP contribution in [0.15, 0.2) is 0 Å². The van der Waals surface area contributed by atoms with Crippen molar-refractivity contribution in [3.63, 3.8) is 0 Å². The molecule has 2 aliphatic rings. The van der Waals surface area contributed by atoms with Crippen molar-refractivity contribution in [3.05, 3.63) is 0 Å². The van der Waals surface area contributed by atoms with Gasteiger partial charge in [-0.1, -0.05) is 19.3 Å². The number of nitrogens with zero attached hydrogens (tertiary/aromatic N) is 1. The summed E-state index contributed by atoms with van der Waals surface area (Å²) in [6, 6.07) is 0. The summed E-state index contributed by atoms with van der Waals surface area (Å²) in [5.41, 5.74) is 0.627. The van der Waals surface area contributed by atoms with Gasteiger partial charge in [-0.2, -0.15) is 0 Å². The largest absolute Gasteiger partial charge is 0.319 e. The molecule has 2 rings (SSSR count). The van der Waals surface area contributed by atoms with Crippen molar-refractivity contribution in [2.75, 3.05) is 33.7 Å². The van der Waals surface area contributed by atoms with Gasteiger partial charge in [0, 0.05) is 6.54 Å². The summed E-state index contributed by atoms with van der Waals surface area (Å²) in [7, 11) is 4.40. The normalized spacial score (nSPS) is 28.1. The molecule has 1 aliphatic carbocycles. The minimum atomic E-state index is 0.627. The van der Waals surface area contributed by atoms with Gasteiger partial charge in [0.05, 0.1) is 0 Å². The Morgan fingerprint density at radius 3 is 2.31 bits per heavy atom. The van der Waals surface area contributed by atoms with Crippen molar-refractivity contribution in [3.8, 4) is 0 Å². The van der Waals surface area contributed by atoms with Gasteiger partial charge < -0.3 is 10.2 Å². The number of hydrogen-bond acceptors (Lipinski definition) is 2. The maximum absolute atomic E-state index is 3.47. The Labute approximate surface area is 101 Å². The fraction of sp³-hybridized carbons (Fsp3) is 1.00. The lowest BCUT2D eigenvalue weighted by atomic mass is 9.64. The minimum Gasteiger partial charge on any atom is -0.319 e. The Bertz CT molecular complexity index is 201. The van der Waals surface area contributed by atoms with Crippen LogP contribution in [-0.4, -0.2) is 38.6 Å². The summed E-state index contributed by atoms with van der Waals surface area (Å²) in [6.07, 6.45) is 10.2. The molecule has 2 heteroatoms. The van der Waals surface area contributed by atoms with E-state index in [0.29, 0.717) is 5.41 Å². The Morgan fingerprint density at radius 1 is 1.12 bits per heavy atom. The van der Waals surface area contributed by atoms with Crippen LogP contribution < -0.4 is 5.32 Å². The summed E-state index contributed by atoms with van der Waals surface area (Å²) < 4.78 is 0. The van der Waals surface area contributed by atoms with Crippen LogP contribution in [0.3, 0.4) is 0 Å². The Morgan fingerprint density at radius 2 is 1.75 bits per heavy atom. The molecule has 0 aromatic carbocycles. The topological polar surface area (TPSA) is 15.3 Å². The zero-order valence-corrected chi connectivity index (χ0v) is 11.1. The van der Waals surface area contributed by atoms with E-state index in [2.05, 4.69) is 24.3 Å². The van der Waals surface area contributed by atoms with Crippen molar-refractivity contribution in [2.45, 2.75) is 44.9 Å². The highest BCUT2D eigenvalue weighted by molar-refractivity contribution is 4.93. The predicted molar refractivity (Wildman–Crippen MR) is 69.7 cm³/mol. The zero-order chi connectivity index (χ0) is 11.4. The molecule has 1 heterocycles. The van der Waals surface area contributed by atoms with Crippen molar-refractivity contribution in [1.29, 1.82) is 0 Å². The Hall–Kier alpha value is -0.0800. The van der Waals surface area contributed by atoms with Crippen molar-refractivity contribution in [1.82, 2.24) is 10.2 Å². The lowest BCUT2D eigenvalue weighted by molar-refractivity contribution is 0.0395. The highest BCUT2D eigenvalue weighted by Crippen LogP contribution is 2.45. The van der Waals surface area contributed by atoms with Gasteiger partial charge in [-0.15, -0.1) is 0 Å². The fourth-order valence-corrected chi connectivity index (χ4v) is 3.86. The smallest absolute Gasteiger partial charge is 0.000842 e. The van der Waals surface area contributed by atoms with E-state index in [1.807, 2.05) is 0 Å². The van der Waals surface area contributed by atoms with E-state index in [4.69, 9.17) is 0 Å². The molecule has 1 saturated carbocycles. The molecule has 0 spiro atoms. The molecule has 0 unspecified atom stereocenters. The summed E-state index contributed by atoms with van der Waals surface area (Å²) >= 11 is 0. The van der Waals surface area contributed by atoms with Crippen LogP contribution >= 0.6 is 0 Å². The molecule has 2 nitrogen and oxygen atoms in total. The number of rotatable bonds is 3. The van der Waals surface area contributed by atoms with Gasteiger partial charge in [-0.25, -0.2) is 0 Å². The molecule has 0 atom stereocenters. The molecule has 1 N–H and O–H groups in total. The van der Waals surface area contributed by atoms with E-state index in [-0.39, 0.29) is 0 Å². The van der Waals surface area contributed by atoms with Crippen LogP contribution in [-0.2, 0) is 0 Å². The third kappa shape index (κ3) is 2.60. The summed E-state index contributed by atoms with van der Waals surface area (Å²) in [5.74, 6) is 1.00. The van der Waals surface area contributed by atoms with Gasteiger partial charge in [0.1, 0.15) is 0 Å². The molecule has 0 amide bonds. The van der Waals surface area contributed by atoms with Gasteiger partial charge >= 0.3 is 0 Å². The van der Waals surface area contributed by atoms with Gasteiger partial charge in [0.2, 0.25) is 0 Å². The Kier molecular flexibility index (Phi) is 4.26. The molecule has 0 aromatic rings. The van der Waals surface area contributed by atoms with Gasteiger partial charge in [0.25, 0.3) is 0 Å². The van der Waals surface area contributed by atoms with Crippen LogP contribution in [0.5, 0.6) is 0 Å². The van der Waals surface area contributed by atoms with Crippen LogP contribution in [0.1, 0.15) is 44.9 Å². The van der Waals surface area contributed by atoms with Crippen LogP contribution in [0.4, 0.5) is 0 Å². The second-order valence-corrected chi connectivity index (χ2v) is 6.03. The van der Waals surface area contributed by atoms with E-state index in [1.165, 1.54) is 64.6 Å². The third-order valence-electron chi connectivity index (χ3n) is 4.98. The maximum atomic E-state index is 3.47. The first-order chi connectivity index (χ1) is 7.77. The summed E-state index contributed by atoms with van der Waals surface area (Å²) in [4.78, 5) is 2.50. The predicted octanol–water partition coefficient (Wildman–Crippen LogP) is 2.50. The SMILES string of the molecule is CNCC1(C2CCCCC2)CCN(C)CC1. The average molecular weight is 224 g/mol. The molecule has 2 fully saturated rings. The first kappa shape index (κ1) is 12.4. The second-order valence-electron chi connectivity index (χ2n) is 6.03. The van der Waals surface area contributed by atoms with E-state index in [9.17, 15) is 0 Å². The van der Waals surface area contributed by atoms with Gasteiger partial charge in [-0.3, -0.25) is 0 Å². The van der Waals surface area contributed by atoms with E-state index in [0.717, 1.165) is 5.92 Å². The highest BCUT2D eigenvalue weighted by atomic mass is 15.1. The van der Waals surface area contributed by atoms with Gasteiger partial charge in [-0.05, 0) is 64.2 Å². The molecule has 0 bridgehead atoms. The van der Waals surface area contributed by atoms with Crippen molar-refractivity contribution < 1.29 is 0 Å². The molecule has 16 heavy (non-hydrogen) atoms. The maximum Gasteiger partial charge on any atom is 0.000842 e. The fourth-order valence-electron chi connectivity index (χ4n) is 3.86. The Balaban J connectivity index is 2.01.